The number of hydrogen-bond acceptors (Lipinski definition) is 4. The number of morpholine rings is 1. The maximum Gasteiger partial charge on any atom is 0.255 e. The van der Waals surface area contributed by atoms with Crippen LogP contribution >= 0.6 is 0 Å². The van der Waals surface area contributed by atoms with Crippen LogP contribution in [-0.2, 0) is 16.0 Å². The summed E-state index contributed by atoms with van der Waals surface area (Å²) in [7, 11) is 0. The van der Waals surface area contributed by atoms with Crippen molar-refractivity contribution in [2.45, 2.75) is 12.0 Å². The first kappa shape index (κ1) is 19.8. The summed E-state index contributed by atoms with van der Waals surface area (Å²) in [6.07, 6.45) is 3.43. The van der Waals surface area contributed by atoms with Gasteiger partial charge in [0.2, 0.25) is 0 Å². The van der Waals surface area contributed by atoms with Gasteiger partial charge in [0.1, 0.15) is 0 Å². The van der Waals surface area contributed by atoms with Gasteiger partial charge in [-0.15, -0.1) is 0 Å². The normalized spacial score (nSPS) is 18.7. The van der Waals surface area contributed by atoms with Gasteiger partial charge in [0.25, 0.3) is 11.8 Å². The first-order valence-corrected chi connectivity index (χ1v) is 9.85. The summed E-state index contributed by atoms with van der Waals surface area (Å²) in [6, 6.07) is 21.4. The quantitative estimate of drug-likeness (QED) is 0.712. The lowest BCUT2D eigenvalue weighted by molar-refractivity contribution is -0.153. The second-order valence-electron chi connectivity index (χ2n) is 7.42. The van der Waals surface area contributed by atoms with Crippen molar-refractivity contribution in [1.29, 1.82) is 0 Å². The van der Waals surface area contributed by atoms with Crippen LogP contribution in [0.2, 0.25) is 0 Å². The second-order valence-corrected chi connectivity index (χ2v) is 7.42. The Hall–Kier alpha value is -3.51. The molecule has 1 aliphatic heterocycles. The average Bonchev–Trinajstić information content (AvgIpc) is 2.80. The molecular weight excluding hydrogens is 378 g/mol. The Labute approximate surface area is 175 Å². The maximum atomic E-state index is 12.9. The van der Waals surface area contributed by atoms with Gasteiger partial charge >= 0.3 is 0 Å². The Balaban J connectivity index is 1.59. The maximum absolute atomic E-state index is 12.9. The third kappa shape index (κ3) is 4.09. The minimum Gasteiger partial charge on any atom is -0.367 e. The number of benzene rings is 2. The van der Waals surface area contributed by atoms with Gasteiger partial charge in [-0.25, -0.2) is 0 Å². The van der Waals surface area contributed by atoms with Gasteiger partial charge in [-0.05, 0) is 28.8 Å². The Morgan fingerprint density at radius 2 is 1.83 bits per heavy atom. The molecule has 1 fully saturated rings. The summed E-state index contributed by atoms with van der Waals surface area (Å²) in [5.41, 5.74) is 8.05. The molecule has 0 spiro atoms. The average molecular weight is 401 g/mol. The fourth-order valence-corrected chi connectivity index (χ4v) is 3.79. The van der Waals surface area contributed by atoms with E-state index in [9.17, 15) is 9.59 Å². The highest BCUT2D eigenvalue weighted by Crippen LogP contribution is 2.27. The van der Waals surface area contributed by atoms with E-state index in [1.165, 1.54) is 6.20 Å². The molecule has 0 radical (unpaired) electrons. The summed E-state index contributed by atoms with van der Waals surface area (Å²) < 4.78 is 5.91. The summed E-state index contributed by atoms with van der Waals surface area (Å²) in [5.74, 6) is -0.758. The van der Waals surface area contributed by atoms with E-state index in [0.29, 0.717) is 18.5 Å². The summed E-state index contributed by atoms with van der Waals surface area (Å²) in [4.78, 5) is 31.0. The topological polar surface area (TPSA) is 85.5 Å². The van der Waals surface area contributed by atoms with Crippen LogP contribution in [0.5, 0.6) is 0 Å². The van der Waals surface area contributed by atoms with Crippen molar-refractivity contribution in [3.8, 4) is 11.1 Å². The lowest BCUT2D eigenvalue weighted by Gasteiger charge is -2.40. The number of hydrogen-bond donors (Lipinski definition) is 1. The Morgan fingerprint density at radius 1 is 1.03 bits per heavy atom. The Bertz CT molecular complexity index is 1040. The highest BCUT2D eigenvalue weighted by atomic mass is 16.5. The van der Waals surface area contributed by atoms with Crippen molar-refractivity contribution in [3.63, 3.8) is 0 Å². The number of carbonyl (C=O) groups is 2. The smallest absolute Gasteiger partial charge is 0.255 e. The highest BCUT2D eigenvalue weighted by Gasteiger charge is 2.44. The van der Waals surface area contributed by atoms with Crippen LogP contribution in [0.25, 0.3) is 11.1 Å². The second kappa shape index (κ2) is 8.47. The predicted octanol–water partition coefficient (Wildman–Crippen LogP) is 2.69. The molecule has 152 valence electrons. The van der Waals surface area contributed by atoms with Crippen LogP contribution in [0.15, 0.2) is 79.1 Å². The molecule has 1 atom stereocenters. The first-order chi connectivity index (χ1) is 14.6. The third-order valence-electron chi connectivity index (χ3n) is 5.35. The van der Waals surface area contributed by atoms with Crippen LogP contribution < -0.4 is 5.73 Å². The minimum atomic E-state index is -1.27. The highest BCUT2D eigenvalue weighted by molar-refractivity contribution is 5.95. The lowest BCUT2D eigenvalue weighted by Crippen LogP contribution is -2.61. The Kier molecular flexibility index (Phi) is 5.59. The van der Waals surface area contributed by atoms with Crippen molar-refractivity contribution < 1.29 is 14.3 Å². The molecule has 0 saturated carbocycles. The largest absolute Gasteiger partial charge is 0.367 e. The van der Waals surface area contributed by atoms with Crippen LogP contribution in [-0.4, -0.2) is 47.0 Å². The fourth-order valence-electron chi connectivity index (χ4n) is 3.79. The molecule has 1 aromatic heterocycles. The molecule has 1 saturated heterocycles. The van der Waals surface area contributed by atoms with E-state index in [1.807, 2.05) is 54.6 Å². The van der Waals surface area contributed by atoms with Crippen molar-refractivity contribution in [2.24, 2.45) is 5.73 Å². The van der Waals surface area contributed by atoms with Crippen LogP contribution in [0.1, 0.15) is 15.9 Å². The summed E-state index contributed by atoms with van der Waals surface area (Å²) in [5, 5.41) is 0. The Morgan fingerprint density at radius 3 is 2.57 bits per heavy atom. The van der Waals surface area contributed by atoms with E-state index in [-0.39, 0.29) is 19.1 Å². The summed E-state index contributed by atoms with van der Waals surface area (Å²) in [6.45, 7) is 0.742. The monoisotopic (exact) mass is 401 g/mol. The standard InChI is InChI=1S/C24H23N3O3/c25-23(29)24(15-18-6-4-9-20(14-18)19-7-2-1-3-8-19)17-27(12-13-30-24)22(28)21-10-5-11-26-16-21/h1-11,14,16H,12-13,15,17H2,(H2,25,29). The molecular formula is C24H23N3O3. The van der Waals surface area contributed by atoms with E-state index in [2.05, 4.69) is 4.98 Å². The molecule has 1 aliphatic rings. The molecule has 2 N–H and O–H groups in total. The molecule has 0 bridgehead atoms. The van der Waals surface area contributed by atoms with E-state index >= 15 is 0 Å². The number of rotatable bonds is 5. The molecule has 2 heterocycles. The molecule has 3 aromatic rings. The zero-order chi connectivity index (χ0) is 21.0. The number of primary amides is 1. The molecule has 0 aliphatic carbocycles. The van der Waals surface area contributed by atoms with Gasteiger partial charge in [0.05, 0.1) is 18.7 Å². The fraction of sp³-hybridized carbons (Fsp3) is 0.208. The first-order valence-electron chi connectivity index (χ1n) is 9.85. The number of carbonyl (C=O) groups excluding carboxylic acids is 2. The zero-order valence-corrected chi connectivity index (χ0v) is 16.5. The predicted molar refractivity (Wildman–Crippen MR) is 114 cm³/mol. The van der Waals surface area contributed by atoms with E-state index in [4.69, 9.17) is 10.5 Å². The van der Waals surface area contributed by atoms with Crippen LogP contribution in [0.3, 0.4) is 0 Å². The molecule has 2 amide bonds. The lowest BCUT2D eigenvalue weighted by atomic mass is 9.90. The van der Waals surface area contributed by atoms with Gasteiger partial charge in [0, 0.05) is 25.4 Å². The van der Waals surface area contributed by atoms with E-state index in [0.717, 1.165) is 16.7 Å². The number of amides is 2. The van der Waals surface area contributed by atoms with Crippen molar-refractivity contribution in [2.75, 3.05) is 19.7 Å². The van der Waals surface area contributed by atoms with Crippen LogP contribution in [0, 0.1) is 0 Å². The van der Waals surface area contributed by atoms with Gasteiger partial charge < -0.3 is 15.4 Å². The molecule has 2 aromatic carbocycles. The molecule has 30 heavy (non-hydrogen) atoms. The van der Waals surface area contributed by atoms with E-state index in [1.54, 1.807) is 23.2 Å². The number of nitrogens with two attached hydrogens (primary N) is 1. The van der Waals surface area contributed by atoms with Crippen molar-refractivity contribution >= 4 is 11.8 Å². The molecule has 6 nitrogen and oxygen atoms in total. The number of aromatic nitrogens is 1. The number of pyridine rings is 1. The minimum absolute atomic E-state index is 0.103. The zero-order valence-electron chi connectivity index (χ0n) is 16.5. The third-order valence-corrected chi connectivity index (χ3v) is 5.35. The van der Waals surface area contributed by atoms with Crippen molar-refractivity contribution in [1.82, 2.24) is 9.88 Å². The van der Waals surface area contributed by atoms with Gasteiger partial charge in [-0.2, -0.15) is 0 Å². The molecule has 1 unspecified atom stereocenters. The van der Waals surface area contributed by atoms with Gasteiger partial charge in [-0.3, -0.25) is 14.6 Å². The summed E-state index contributed by atoms with van der Waals surface area (Å²) >= 11 is 0. The number of nitrogens with zero attached hydrogens (tertiary/aromatic N) is 2. The van der Waals surface area contributed by atoms with Gasteiger partial charge in [-0.1, -0.05) is 54.6 Å². The van der Waals surface area contributed by atoms with Crippen molar-refractivity contribution in [3.05, 3.63) is 90.3 Å². The van der Waals surface area contributed by atoms with E-state index < -0.39 is 11.5 Å². The number of ether oxygens (including phenoxy) is 1. The van der Waals surface area contributed by atoms with Gasteiger partial charge in [0.15, 0.2) is 5.60 Å². The molecule has 6 heteroatoms. The SMILES string of the molecule is NC(=O)C1(Cc2cccc(-c3ccccc3)c2)CN(C(=O)c2cccnc2)CCO1. The molecule has 4 rings (SSSR count). The van der Waals surface area contributed by atoms with Crippen LogP contribution in [0.4, 0.5) is 0 Å².